The third-order valence-corrected chi connectivity index (χ3v) is 9.56. The number of Topliss-reactive ketones (excluding diaryl/α,β-unsaturated/α-hetero) is 1. The molecule has 0 aromatic rings. The summed E-state index contributed by atoms with van der Waals surface area (Å²) in [6.07, 6.45) is -0.959. The van der Waals surface area contributed by atoms with Crippen molar-refractivity contribution in [2.45, 2.75) is 102 Å². The SMILES string of the molecule is CO[C@H]1/C=C/C=C(/C)C(=O)NC2=CC(=O)C(NCCCO[C@@H]3O[C@H](CO)[C@H](O)[C@H](O)[C@H]3O)=C(C[C@@H](C)C[C@H](OC)[C@H](O)[C@@H](C)/C=C(/C)[C@H]1OC)C2=O. The number of allylic oxidation sites excluding steroid dienone is 4. The van der Waals surface area contributed by atoms with Gasteiger partial charge in [-0.05, 0) is 44.6 Å². The van der Waals surface area contributed by atoms with Crippen LogP contribution in [0.5, 0.6) is 0 Å². The normalized spacial score (nSPS) is 37.0. The summed E-state index contributed by atoms with van der Waals surface area (Å²) in [5.41, 5.74) is 1.14. The minimum Gasteiger partial charge on any atom is -0.394 e. The van der Waals surface area contributed by atoms with Crippen LogP contribution in [0.4, 0.5) is 0 Å². The van der Waals surface area contributed by atoms with Crippen LogP contribution in [0.2, 0.25) is 0 Å². The number of methoxy groups -OCH3 is 3. The molecule has 1 amide bonds. The van der Waals surface area contributed by atoms with Crippen LogP contribution in [-0.2, 0) is 38.1 Å². The van der Waals surface area contributed by atoms with E-state index in [0.717, 1.165) is 11.6 Å². The third-order valence-electron chi connectivity index (χ3n) is 9.56. The van der Waals surface area contributed by atoms with Gasteiger partial charge < -0.3 is 59.9 Å². The number of aliphatic hydroxyl groups is 5. The third kappa shape index (κ3) is 11.0. The van der Waals surface area contributed by atoms with Crippen molar-refractivity contribution in [2.75, 3.05) is 41.1 Å². The van der Waals surface area contributed by atoms with Gasteiger partial charge >= 0.3 is 0 Å². The number of carbonyl (C=O) groups is 3. The summed E-state index contributed by atoms with van der Waals surface area (Å²) in [4.78, 5) is 40.6. The molecular weight excluding hydrogens is 680 g/mol. The molecular formula is C37H56N2O13. The minimum atomic E-state index is -1.58. The molecule has 2 bridgehead atoms. The summed E-state index contributed by atoms with van der Waals surface area (Å²) in [5.74, 6) is -2.25. The molecule has 3 aliphatic rings. The highest BCUT2D eigenvalue weighted by molar-refractivity contribution is 6.23. The number of rotatable bonds is 10. The van der Waals surface area contributed by atoms with E-state index in [-0.39, 0.29) is 60.4 Å². The van der Waals surface area contributed by atoms with Gasteiger partial charge in [0.2, 0.25) is 11.6 Å². The first-order valence-electron chi connectivity index (χ1n) is 17.5. The molecule has 292 valence electrons. The number of ketones is 2. The molecule has 0 aromatic carbocycles. The lowest BCUT2D eigenvalue weighted by Crippen LogP contribution is -2.59. The minimum absolute atomic E-state index is 0.0101. The quantitative estimate of drug-likeness (QED) is 0.0899. The van der Waals surface area contributed by atoms with E-state index in [0.29, 0.717) is 6.42 Å². The van der Waals surface area contributed by atoms with Crippen LogP contribution in [0.3, 0.4) is 0 Å². The molecule has 7 N–H and O–H groups in total. The lowest BCUT2D eigenvalue weighted by atomic mass is 9.85. The Hall–Kier alpha value is -3.09. The molecule has 1 saturated heterocycles. The second-order valence-electron chi connectivity index (χ2n) is 13.6. The summed E-state index contributed by atoms with van der Waals surface area (Å²) < 4.78 is 28.0. The van der Waals surface area contributed by atoms with Crippen LogP contribution in [0.1, 0.15) is 47.0 Å². The van der Waals surface area contributed by atoms with Crippen LogP contribution in [0, 0.1) is 11.8 Å². The molecule has 2 aliphatic heterocycles. The summed E-state index contributed by atoms with van der Waals surface area (Å²) in [5, 5.41) is 56.6. The van der Waals surface area contributed by atoms with Crippen LogP contribution in [0.25, 0.3) is 0 Å². The average Bonchev–Trinajstić information content (AvgIpc) is 3.11. The Morgan fingerprint density at radius 2 is 1.67 bits per heavy atom. The lowest BCUT2D eigenvalue weighted by Gasteiger charge is -2.39. The molecule has 0 spiro atoms. The van der Waals surface area contributed by atoms with Gasteiger partial charge in [0.1, 0.15) is 36.6 Å². The zero-order valence-corrected chi connectivity index (χ0v) is 31.0. The van der Waals surface area contributed by atoms with Gasteiger partial charge in [-0.1, -0.05) is 38.2 Å². The maximum Gasteiger partial charge on any atom is 0.251 e. The maximum atomic E-state index is 13.9. The van der Waals surface area contributed by atoms with Gasteiger partial charge in [0.15, 0.2) is 6.29 Å². The predicted molar refractivity (Wildman–Crippen MR) is 188 cm³/mol. The van der Waals surface area contributed by atoms with Crippen molar-refractivity contribution in [1.29, 1.82) is 0 Å². The Bertz CT molecular complexity index is 1400. The molecule has 1 aliphatic carbocycles. The first kappa shape index (κ1) is 43.3. The second kappa shape index (κ2) is 20.4. The first-order chi connectivity index (χ1) is 24.7. The van der Waals surface area contributed by atoms with Gasteiger partial charge in [0, 0.05) is 51.0 Å². The predicted octanol–water partition coefficient (Wildman–Crippen LogP) is 0.109. The first-order valence-corrected chi connectivity index (χ1v) is 17.5. The standard InChI is InChI=1S/C37H56N2O13/c1-19-14-23-29(38-12-9-13-51-37-34(46)33(45)32(44)28(18-40)52-37)25(41)17-24(31(23)43)39-36(47)20(2)10-8-11-26(48-5)35(50-7)22(4)16-21(3)30(42)27(15-19)49-6/h8,10-11,16-17,19,21,26-28,30,32-35,37-38,40,42,44-46H,9,12-15,18H2,1-7H3,(H,39,47)/b11-8+,20-10-,22-16-/t19-,21+,26+,27+,28-,30-,32+,33+,34-,35-,37-/m1/s1. The van der Waals surface area contributed by atoms with Crippen molar-refractivity contribution in [3.8, 4) is 0 Å². The van der Waals surface area contributed by atoms with Crippen molar-refractivity contribution in [3.63, 3.8) is 0 Å². The molecule has 0 radical (unpaired) electrons. The highest BCUT2D eigenvalue weighted by atomic mass is 16.7. The van der Waals surface area contributed by atoms with Crippen molar-refractivity contribution in [3.05, 3.63) is 58.5 Å². The Morgan fingerprint density at radius 1 is 0.962 bits per heavy atom. The number of amides is 1. The number of hydrogen-bond acceptors (Lipinski definition) is 14. The number of aliphatic hydroxyl groups excluding tert-OH is 5. The highest BCUT2D eigenvalue weighted by Crippen LogP contribution is 2.29. The zero-order chi connectivity index (χ0) is 38.7. The molecule has 0 saturated carbocycles. The van der Waals surface area contributed by atoms with E-state index in [1.165, 1.54) is 14.2 Å². The second-order valence-corrected chi connectivity index (χ2v) is 13.6. The van der Waals surface area contributed by atoms with Crippen LogP contribution in [0.15, 0.2) is 58.5 Å². The van der Waals surface area contributed by atoms with Crippen LogP contribution >= 0.6 is 0 Å². The van der Waals surface area contributed by atoms with Gasteiger partial charge in [0.05, 0.1) is 36.8 Å². The molecule has 11 atom stereocenters. The van der Waals surface area contributed by atoms with E-state index in [1.54, 1.807) is 32.3 Å². The highest BCUT2D eigenvalue weighted by Gasteiger charge is 2.44. The molecule has 0 aromatic heterocycles. The number of fused-ring (bicyclic) bond motifs is 2. The summed E-state index contributed by atoms with van der Waals surface area (Å²) >= 11 is 0. The smallest absolute Gasteiger partial charge is 0.251 e. The van der Waals surface area contributed by atoms with Gasteiger partial charge in [0.25, 0.3) is 5.91 Å². The van der Waals surface area contributed by atoms with Gasteiger partial charge in [-0.2, -0.15) is 0 Å². The fourth-order valence-electron chi connectivity index (χ4n) is 6.50. The molecule has 3 rings (SSSR count). The van der Waals surface area contributed by atoms with E-state index in [4.69, 9.17) is 23.7 Å². The number of carbonyl (C=O) groups excluding carboxylic acids is 3. The number of nitrogens with one attached hydrogen (secondary N) is 2. The Kier molecular flexibility index (Phi) is 17.0. The van der Waals surface area contributed by atoms with Gasteiger partial charge in [-0.25, -0.2) is 0 Å². The van der Waals surface area contributed by atoms with E-state index in [1.807, 2.05) is 26.8 Å². The Balaban J connectivity index is 1.87. The fraction of sp³-hybridized carbons (Fsp3) is 0.649. The fourth-order valence-corrected chi connectivity index (χ4v) is 6.50. The summed E-state index contributed by atoms with van der Waals surface area (Å²) in [7, 11) is 4.60. The molecule has 0 unspecified atom stereocenters. The lowest BCUT2D eigenvalue weighted by molar-refractivity contribution is -0.301. The van der Waals surface area contributed by atoms with Crippen LogP contribution in [-0.4, -0.2) is 139 Å². The van der Waals surface area contributed by atoms with E-state index in [2.05, 4.69) is 10.6 Å². The van der Waals surface area contributed by atoms with Crippen molar-refractivity contribution in [2.24, 2.45) is 11.8 Å². The van der Waals surface area contributed by atoms with Crippen molar-refractivity contribution >= 4 is 17.5 Å². The summed E-state index contributed by atoms with van der Waals surface area (Å²) in [6.45, 7) is 6.76. The van der Waals surface area contributed by atoms with E-state index >= 15 is 0 Å². The van der Waals surface area contributed by atoms with Crippen molar-refractivity contribution < 1.29 is 63.6 Å². The van der Waals surface area contributed by atoms with Crippen LogP contribution < -0.4 is 10.6 Å². The Morgan fingerprint density at radius 3 is 2.31 bits per heavy atom. The van der Waals surface area contributed by atoms with E-state index < -0.39 is 79.2 Å². The number of hydrogen-bond donors (Lipinski definition) is 7. The van der Waals surface area contributed by atoms with Gasteiger partial charge in [-0.15, -0.1) is 0 Å². The van der Waals surface area contributed by atoms with E-state index in [9.17, 15) is 39.9 Å². The monoisotopic (exact) mass is 736 g/mol. The largest absolute Gasteiger partial charge is 0.394 e. The number of ether oxygens (including phenoxy) is 5. The average molecular weight is 737 g/mol. The molecule has 15 heteroatoms. The zero-order valence-electron chi connectivity index (χ0n) is 31.0. The van der Waals surface area contributed by atoms with Gasteiger partial charge in [-0.3, -0.25) is 14.4 Å². The Labute approximate surface area is 305 Å². The molecule has 1 fully saturated rings. The molecule has 15 nitrogen and oxygen atoms in total. The molecule has 52 heavy (non-hydrogen) atoms. The summed E-state index contributed by atoms with van der Waals surface area (Å²) in [6, 6.07) is 0. The van der Waals surface area contributed by atoms with Crippen molar-refractivity contribution in [1.82, 2.24) is 10.6 Å². The topological polar surface area (TPSA) is 223 Å². The maximum absolute atomic E-state index is 13.9. The molecule has 2 heterocycles.